The maximum absolute atomic E-state index is 10.5. The lowest BCUT2D eigenvalue weighted by molar-refractivity contribution is 0.122. The van der Waals surface area contributed by atoms with Crippen molar-refractivity contribution in [2.75, 3.05) is 6.54 Å². The molecule has 100 valence electrons. The molecule has 0 rings (SSSR count). The van der Waals surface area contributed by atoms with Gasteiger partial charge in [-0.25, -0.2) is 14.5 Å². The molecule has 0 aromatic carbocycles. The first-order valence-corrected chi connectivity index (χ1v) is 6.33. The van der Waals surface area contributed by atoms with Gasteiger partial charge in [-0.1, -0.05) is 51.9 Å². The first kappa shape index (κ1) is 15.7. The summed E-state index contributed by atoms with van der Waals surface area (Å²) in [7, 11) is 0. The Hall–Kier alpha value is -1.26. The van der Waals surface area contributed by atoms with Gasteiger partial charge in [-0.15, -0.1) is 0 Å². The van der Waals surface area contributed by atoms with E-state index >= 15 is 0 Å². The van der Waals surface area contributed by atoms with Crippen molar-refractivity contribution in [3.63, 3.8) is 0 Å². The van der Waals surface area contributed by atoms with Gasteiger partial charge in [-0.2, -0.15) is 0 Å². The molecule has 0 fully saturated rings. The van der Waals surface area contributed by atoms with Crippen molar-refractivity contribution >= 4 is 12.2 Å². The number of unbranched alkanes of at least 4 members (excludes halogenated alkanes) is 7. The maximum Gasteiger partial charge on any atom is 0.416 e. The largest absolute Gasteiger partial charge is 0.465 e. The fourth-order valence-electron chi connectivity index (χ4n) is 1.68. The fourth-order valence-corrected chi connectivity index (χ4v) is 1.68. The van der Waals surface area contributed by atoms with Gasteiger partial charge in [-0.3, -0.25) is 0 Å². The quantitative estimate of drug-likeness (QED) is 0.606. The summed E-state index contributed by atoms with van der Waals surface area (Å²) >= 11 is 0. The molecule has 0 bridgehead atoms. The second kappa shape index (κ2) is 9.93. The van der Waals surface area contributed by atoms with Crippen LogP contribution in [0.5, 0.6) is 0 Å². The highest BCUT2D eigenvalue weighted by Crippen LogP contribution is 2.09. The molecule has 5 heteroatoms. The summed E-state index contributed by atoms with van der Waals surface area (Å²) in [6.07, 6.45) is 5.91. The third kappa shape index (κ3) is 8.54. The van der Waals surface area contributed by atoms with Crippen LogP contribution in [0.3, 0.4) is 0 Å². The van der Waals surface area contributed by atoms with Crippen molar-refractivity contribution in [3.05, 3.63) is 0 Å². The van der Waals surface area contributed by atoms with Crippen molar-refractivity contribution < 1.29 is 19.8 Å². The molecule has 0 saturated heterocycles. The molecule has 5 nitrogen and oxygen atoms in total. The number of carboxylic acid groups (broad SMARTS) is 2. The Morgan fingerprint density at radius 2 is 1.24 bits per heavy atom. The number of hydrogen-bond acceptors (Lipinski definition) is 2. The minimum atomic E-state index is -1.39. The molecule has 2 N–H and O–H groups in total. The minimum absolute atomic E-state index is 0.0830. The van der Waals surface area contributed by atoms with Crippen molar-refractivity contribution in [1.82, 2.24) is 4.90 Å². The topological polar surface area (TPSA) is 77.8 Å². The van der Waals surface area contributed by atoms with E-state index in [0.29, 0.717) is 11.3 Å². The molecule has 0 radical (unpaired) electrons. The molecule has 0 spiro atoms. The van der Waals surface area contributed by atoms with Gasteiger partial charge in [0, 0.05) is 6.54 Å². The zero-order valence-electron chi connectivity index (χ0n) is 10.5. The summed E-state index contributed by atoms with van der Waals surface area (Å²) in [6, 6.07) is 0. The number of rotatable bonds is 9. The van der Waals surface area contributed by atoms with Crippen LogP contribution in [0.4, 0.5) is 9.59 Å². The summed E-state index contributed by atoms with van der Waals surface area (Å²) in [5, 5.41) is 17.2. The molecule has 0 aromatic heterocycles. The van der Waals surface area contributed by atoms with Gasteiger partial charge < -0.3 is 10.2 Å². The van der Waals surface area contributed by atoms with Crippen LogP contribution >= 0.6 is 0 Å². The summed E-state index contributed by atoms with van der Waals surface area (Å²) in [4.78, 5) is 21.5. The van der Waals surface area contributed by atoms with Crippen LogP contribution in [0.1, 0.15) is 58.3 Å². The predicted octanol–water partition coefficient (Wildman–Crippen LogP) is 3.79. The molecule has 0 aliphatic carbocycles. The highest BCUT2D eigenvalue weighted by molar-refractivity contribution is 5.85. The Labute approximate surface area is 102 Å². The first-order valence-electron chi connectivity index (χ1n) is 6.33. The van der Waals surface area contributed by atoms with Gasteiger partial charge in [0.05, 0.1) is 0 Å². The van der Waals surface area contributed by atoms with Crippen LogP contribution in [-0.2, 0) is 0 Å². The van der Waals surface area contributed by atoms with E-state index in [-0.39, 0.29) is 6.54 Å². The van der Waals surface area contributed by atoms with Gasteiger partial charge in [0.15, 0.2) is 0 Å². The number of amides is 2. The van der Waals surface area contributed by atoms with E-state index in [9.17, 15) is 9.59 Å². The van der Waals surface area contributed by atoms with Crippen LogP contribution in [0.15, 0.2) is 0 Å². The highest BCUT2D eigenvalue weighted by Gasteiger charge is 2.18. The average Bonchev–Trinajstić information content (AvgIpc) is 2.26. The lowest BCUT2D eigenvalue weighted by Gasteiger charge is -2.12. The van der Waals surface area contributed by atoms with Crippen molar-refractivity contribution in [3.8, 4) is 0 Å². The summed E-state index contributed by atoms with van der Waals surface area (Å²) < 4.78 is 0. The number of hydrogen-bond donors (Lipinski definition) is 2. The molecule has 0 aliphatic rings. The second-order valence-corrected chi connectivity index (χ2v) is 4.19. The number of imide groups is 1. The first-order chi connectivity index (χ1) is 8.09. The van der Waals surface area contributed by atoms with Crippen molar-refractivity contribution in [2.45, 2.75) is 58.3 Å². The molecule has 0 heterocycles. The van der Waals surface area contributed by atoms with Gasteiger partial charge in [-0.05, 0) is 6.42 Å². The summed E-state index contributed by atoms with van der Waals surface area (Å²) in [6.45, 7) is 2.26. The minimum Gasteiger partial charge on any atom is -0.465 e. The van der Waals surface area contributed by atoms with Crippen molar-refractivity contribution in [2.24, 2.45) is 0 Å². The second-order valence-electron chi connectivity index (χ2n) is 4.19. The highest BCUT2D eigenvalue weighted by atomic mass is 16.4. The van der Waals surface area contributed by atoms with E-state index in [0.717, 1.165) is 19.3 Å². The fraction of sp³-hybridized carbons (Fsp3) is 0.833. The average molecular weight is 245 g/mol. The van der Waals surface area contributed by atoms with E-state index < -0.39 is 12.2 Å². The standard InChI is InChI=1S/C12H23NO4/c1-2-3-4-5-6-7-8-9-10-13(11(14)15)12(16)17/h2-10H2,1H3,(H,14,15)(H,16,17). The van der Waals surface area contributed by atoms with Crippen LogP contribution in [0.2, 0.25) is 0 Å². The Balaban J connectivity index is 3.43. The summed E-state index contributed by atoms with van der Waals surface area (Å²) in [5.41, 5.74) is 0. The summed E-state index contributed by atoms with van der Waals surface area (Å²) in [5.74, 6) is 0. The van der Waals surface area contributed by atoms with E-state index in [1.54, 1.807) is 0 Å². The van der Waals surface area contributed by atoms with Gasteiger partial charge in [0.2, 0.25) is 0 Å². The lowest BCUT2D eigenvalue weighted by Crippen LogP contribution is -2.35. The lowest BCUT2D eigenvalue weighted by atomic mass is 10.1. The van der Waals surface area contributed by atoms with E-state index in [1.165, 1.54) is 25.7 Å². The molecular formula is C12H23NO4. The zero-order chi connectivity index (χ0) is 13.1. The molecule has 0 saturated carbocycles. The van der Waals surface area contributed by atoms with Gasteiger partial charge in [0.25, 0.3) is 0 Å². The molecule has 0 aromatic rings. The van der Waals surface area contributed by atoms with E-state index in [2.05, 4.69) is 6.92 Å². The van der Waals surface area contributed by atoms with Crippen molar-refractivity contribution in [1.29, 1.82) is 0 Å². The smallest absolute Gasteiger partial charge is 0.416 e. The molecule has 0 unspecified atom stereocenters. The normalized spacial score (nSPS) is 10.2. The van der Waals surface area contributed by atoms with Crippen LogP contribution in [-0.4, -0.2) is 33.8 Å². The van der Waals surface area contributed by atoms with Crippen LogP contribution in [0, 0.1) is 0 Å². The number of carbonyl (C=O) groups is 2. The van der Waals surface area contributed by atoms with Crippen LogP contribution in [0.25, 0.3) is 0 Å². The third-order valence-electron chi connectivity index (χ3n) is 2.70. The Morgan fingerprint density at radius 1 is 0.824 bits per heavy atom. The molecule has 17 heavy (non-hydrogen) atoms. The molecular weight excluding hydrogens is 222 g/mol. The zero-order valence-corrected chi connectivity index (χ0v) is 10.5. The van der Waals surface area contributed by atoms with Gasteiger partial charge >= 0.3 is 12.2 Å². The Morgan fingerprint density at radius 3 is 1.65 bits per heavy atom. The Kier molecular flexibility index (Phi) is 9.19. The maximum atomic E-state index is 10.5. The molecule has 2 amide bonds. The SMILES string of the molecule is CCCCCCCCCCN(C(=O)O)C(=O)O. The van der Waals surface area contributed by atoms with E-state index in [4.69, 9.17) is 10.2 Å². The Bertz CT molecular complexity index is 217. The molecule has 0 aliphatic heterocycles. The van der Waals surface area contributed by atoms with Crippen LogP contribution < -0.4 is 0 Å². The number of nitrogens with zero attached hydrogens (tertiary/aromatic N) is 1. The third-order valence-corrected chi connectivity index (χ3v) is 2.70. The molecule has 0 atom stereocenters. The predicted molar refractivity (Wildman–Crippen MR) is 65.4 cm³/mol. The van der Waals surface area contributed by atoms with Gasteiger partial charge in [0.1, 0.15) is 0 Å². The monoisotopic (exact) mass is 245 g/mol. The van der Waals surface area contributed by atoms with E-state index in [1.807, 2.05) is 0 Å².